The van der Waals surface area contributed by atoms with Crippen LogP contribution in [0, 0.1) is 11.6 Å². The van der Waals surface area contributed by atoms with Crippen molar-refractivity contribution in [2.75, 3.05) is 12.8 Å². The van der Waals surface area contributed by atoms with E-state index in [0.29, 0.717) is 0 Å². The average Bonchev–Trinajstić information content (AvgIpc) is 2.19. The number of esters is 1. The van der Waals surface area contributed by atoms with Gasteiger partial charge in [-0.05, 0) is 22.0 Å². The van der Waals surface area contributed by atoms with Gasteiger partial charge in [0.05, 0.1) is 18.4 Å². The van der Waals surface area contributed by atoms with Crippen molar-refractivity contribution in [2.45, 2.75) is 0 Å². The van der Waals surface area contributed by atoms with Crippen molar-refractivity contribution in [2.24, 2.45) is 0 Å². The summed E-state index contributed by atoms with van der Waals surface area (Å²) in [5.41, 5.74) is 4.31. The standard InChI is InChI=1S/C8H6BrF2NO2/c1-14-8(13)3-2-4(9)7(12)6(11)5(3)10/h2H,12H2,1H3. The maximum Gasteiger partial charge on any atom is 0.341 e. The quantitative estimate of drug-likeness (QED) is 0.481. The van der Waals surface area contributed by atoms with E-state index < -0.39 is 23.2 Å². The maximum absolute atomic E-state index is 13.1. The molecule has 1 aromatic carbocycles. The van der Waals surface area contributed by atoms with E-state index in [1.165, 1.54) is 0 Å². The Morgan fingerprint density at radius 2 is 2.07 bits per heavy atom. The molecule has 2 N–H and O–H groups in total. The molecule has 1 rings (SSSR count). The average molecular weight is 266 g/mol. The molecule has 14 heavy (non-hydrogen) atoms. The molecular formula is C8H6BrF2NO2. The van der Waals surface area contributed by atoms with E-state index >= 15 is 0 Å². The van der Waals surface area contributed by atoms with Crippen LogP contribution in [0.3, 0.4) is 0 Å². The lowest BCUT2D eigenvalue weighted by Gasteiger charge is -2.05. The molecular weight excluding hydrogens is 260 g/mol. The van der Waals surface area contributed by atoms with Crippen LogP contribution in [0.2, 0.25) is 0 Å². The minimum atomic E-state index is -1.31. The first-order valence-corrected chi connectivity index (χ1v) is 4.29. The number of hydrogen-bond acceptors (Lipinski definition) is 3. The Hall–Kier alpha value is -1.17. The first-order chi connectivity index (χ1) is 6.49. The fourth-order valence-electron chi connectivity index (χ4n) is 0.868. The van der Waals surface area contributed by atoms with Gasteiger partial charge in [-0.2, -0.15) is 0 Å². The van der Waals surface area contributed by atoms with Gasteiger partial charge in [-0.1, -0.05) is 0 Å². The molecule has 0 bridgehead atoms. The van der Waals surface area contributed by atoms with Gasteiger partial charge in [-0.3, -0.25) is 0 Å². The molecule has 0 saturated heterocycles. The van der Waals surface area contributed by atoms with Crippen LogP contribution >= 0.6 is 15.9 Å². The Morgan fingerprint density at radius 3 is 2.57 bits per heavy atom. The molecule has 0 aromatic heterocycles. The van der Waals surface area contributed by atoms with Gasteiger partial charge in [0, 0.05) is 4.47 Å². The monoisotopic (exact) mass is 265 g/mol. The summed E-state index contributed by atoms with van der Waals surface area (Å²) in [6.07, 6.45) is 0. The molecule has 6 heteroatoms. The number of carbonyl (C=O) groups excluding carboxylic acids is 1. The van der Waals surface area contributed by atoms with Gasteiger partial charge >= 0.3 is 5.97 Å². The zero-order chi connectivity index (χ0) is 10.9. The van der Waals surface area contributed by atoms with Crippen molar-refractivity contribution < 1.29 is 18.3 Å². The number of rotatable bonds is 1. The molecule has 0 amide bonds. The predicted molar refractivity (Wildman–Crippen MR) is 49.8 cm³/mol. The fraction of sp³-hybridized carbons (Fsp3) is 0.125. The van der Waals surface area contributed by atoms with Gasteiger partial charge in [-0.15, -0.1) is 0 Å². The number of anilines is 1. The molecule has 3 nitrogen and oxygen atoms in total. The largest absolute Gasteiger partial charge is 0.465 e. The normalized spacial score (nSPS) is 10.0. The number of nitrogens with two attached hydrogens (primary N) is 1. The number of hydrogen-bond donors (Lipinski definition) is 1. The van der Waals surface area contributed by atoms with Gasteiger partial charge in [-0.25, -0.2) is 13.6 Å². The number of methoxy groups -OCH3 is 1. The van der Waals surface area contributed by atoms with E-state index in [2.05, 4.69) is 20.7 Å². The highest BCUT2D eigenvalue weighted by atomic mass is 79.9. The summed E-state index contributed by atoms with van der Waals surface area (Å²) in [6.45, 7) is 0. The lowest BCUT2D eigenvalue weighted by molar-refractivity contribution is 0.0594. The van der Waals surface area contributed by atoms with Crippen LogP contribution in [-0.2, 0) is 4.74 Å². The van der Waals surface area contributed by atoms with Crippen molar-refractivity contribution in [1.82, 2.24) is 0 Å². The first kappa shape index (κ1) is 10.9. The molecule has 1 aromatic rings. The van der Waals surface area contributed by atoms with E-state index in [4.69, 9.17) is 5.73 Å². The molecule has 0 aliphatic heterocycles. The molecule has 0 unspecified atom stereocenters. The molecule has 0 aliphatic rings. The highest BCUT2D eigenvalue weighted by Crippen LogP contribution is 2.27. The Bertz CT molecular complexity index is 395. The van der Waals surface area contributed by atoms with E-state index in [-0.39, 0.29) is 10.2 Å². The zero-order valence-electron chi connectivity index (χ0n) is 7.11. The number of carbonyl (C=O) groups is 1. The van der Waals surface area contributed by atoms with Gasteiger partial charge < -0.3 is 10.5 Å². The summed E-state index contributed by atoms with van der Waals surface area (Å²) in [5.74, 6) is -3.53. The summed E-state index contributed by atoms with van der Waals surface area (Å²) in [7, 11) is 1.07. The Morgan fingerprint density at radius 1 is 1.50 bits per heavy atom. The summed E-state index contributed by atoms with van der Waals surface area (Å²) in [6, 6.07) is 1.07. The predicted octanol–water partition coefficient (Wildman–Crippen LogP) is 2.10. The summed E-state index contributed by atoms with van der Waals surface area (Å²) in [5, 5.41) is 0. The third-order valence-corrected chi connectivity index (χ3v) is 2.26. The van der Waals surface area contributed by atoms with Crippen molar-refractivity contribution in [3.8, 4) is 0 Å². The van der Waals surface area contributed by atoms with Crippen LogP contribution in [0.4, 0.5) is 14.5 Å². The van der Waals surface area contributed by atoms with Crippen LogP contribution in [0.15, 0.2) is 10.5 Å². The van der Waals surface area contributed by atoms with Crippen molar-refractivity contribution >= 4 is 27.6 Å². The van der Waals surface area contributed by atoms with Crippen molar-refractivity contribution in [3.63, 3.8) is 0 Å². The minimum absolute atomic E-state index is 0.108. The van der Waals surface area contributed by atoms with E-state index in [0.717, 1.165) is 13.2 Å². The second kappa shape index (κ2) is 3.91. The molecule has 0 heterocycles. The number of halogens is 3. The number of nitrogen functional groups attached to an aromatic ring is 1. The smallest absolute Gasteiger partial charge is 0.341 e. The van der Waals surface area contributed by atoms with E-state index in [1.54, 1.807) is 0 Å². The molecule has 0 saturated carbocycles. The van der Waals surface area contributed by atoms with Crippen molar-refractivity contribution in [1.29, 1.82) is 0 Å². The fourth-order valence-corrected chi connectivity index (χ4v) is 1.27. The van der Waals surface area contributed by atoms with Crippen molar-refractivity contribution in [3.05, 3.63) is 27.7 Å². The summed E-state index contributed by atoms with van der Waals surface area (Å²) >= 11 is 2.89. The molecule has 0 aliphatic carbocycles. The molecule has 0 spiro atoms. The lowest BCUT2D eigenvalue weighted by atomic mass is 10.2. The highest BCUT2D eigenvalue weighted by Gasteiger charge is 2.20. The second-order valence-electron chi connectivity index (χ2n) is 2.44. The van der Waals surface area contributed by atoms with Gasteiger partial charge in [0.1, 0.15) is 0 Å². The minimum Gasteiger partial charge on any atom is -0.465 e. The Kier molecular flexibility index (Phi) is 3.05. The first-order valence-electron chi connectivity index (χ1n) is 3.50. The Balaban J connectivity index is 3.40. The van der Waals surface area contributed by atoms with Crippen LogP contribution in [0.5, 0.6) is 0 Å². The Labute approximate surface area is 87.0 Å². The zero-order valence-corrected chi connectivity index (χ0v) is 8.69. The maximum atomic E-state index is 13.1. The molecule has 76 valence electrons. The SMILES string of the molecule is COC(=O)c1cc(Br)c(N)c(F)c1F. The van der Waals surface area contributed by atoms with E-state index in [1.807, 2.05) is 0 Å². The van der Waals surface area contributed by atoms with Gasteiger partial charge in [0.2, 0.25) is 0 Å². The number of ether oxygens (including phenoxy) is 1. The van der Waals surface area contributed by atoms with Crippen LogP contribution < -0.4 is 5.73 Å². The molecule has 0 radical (unpaired) electrons. The topological polar surface area (TPSA) is 52.3 Å². The van der Waals surface area contributed by atoms with E-state index in [9.17, 15) is 13.6 Å². The number of benzene rings is 1. The summed E-state index contributed by atoms with van der Waals surface area (Å²) in [4.78, 5) is 11.0. The summed E-state index contributed by atoms with van der Waals surface area (Å²) < 4.78 is 30.5. The van der Waals surface area contributed by atoms with Crippen LogP contribution in [0.1, 0.15) is 10.4 Å². The molecule has 0 atom stereocenters. The third-order valence-electron chi connectivity index (χ3n) is 1.60. The van der Waals surface area contributed by atoms with Gasteiger partial charge in [0.25, 0.3) is 0 Å². The molecule has 0 fully saturated rings. The highest BCUT2D eigenvalue weighted by molar-refractivity contribution is 9.10. The van der Waals surface area contributed by atoms with Crippen LogP contribution in [0.25, 0.3) is 0 Å². The lowest BCUT2D eigenvalue weighted by Crippen LogP contribution is -2.08. The van der Waals surface area contributed by atoms with Gasteiger partial charge in [0.15, 0.2) is 11.6 Å². The van der Waals surface area contributed by atoms with Crippen LogP contribution in [-0.4, -0.2) is 13.1 Å². The third kappa shape index (κ3) is 1.70. The second-order valence-corrected chi connectivity index (χ2v) is 3.29.